The molecular weight excluding hydrogens is 162 g/mol. The molecule has 2 nitrogen and oxygen atoms in total. The summed E-state index contributed by atoms with van der Waals surface area (Å²) in [5, 5.41) is 0. The molecule has 0 aromatic heterocycles. The number of likely N-dealkylation sites (N-methyl/N-ethyl adjacent to an activating group) is 1. The SMILES string of the molecule is CCCCC(=O)C(C)(CC)N(C)C. The monoisotopic (exact) mass is 185 g/mol. The molecule has 0 aliphatic heterocycles. The Bertz CT molecular complexity index is 165. The maximum Gasteiger partial charge on any atom is 0.152 e. The Morgan fingerprint density at radius 3 is 2.15 bits per heavy atom. The van der Waals surface area contributed by atoms with Gasteiger partial charge in [-0.1, -0.05) is 20.3 Å². The van der Waals surface area contributed by atoms with E-state index in [1.54, 1.807) is 0 Å². The van der Waals surface area contributed by atoms with Crippen LogP contribution in [0, 0.1) is 0 Å². The van der Waals surface area contributed by atoms with E-state index < -0.39 is 0 Å². The summed E-state index contributed by atoms with van der Waals surface area (Å²) in [6.45, 7) is 6.22. The van der Waals surface area contributed by atoms with Crippen LogP contribution in [-0.4, -0.2) is 30.3 Å². The highest BCUT2D eigenvalue weighted by Gasteiger charge is 2.32. The Kier molecular flexibility index (Phi) is 5.23. The molecule has 0 aromatic rings. The van der Waals surface area contributed by atoms with Crippen molar-refractivity contribution in [3.63, 3.8) is 0 Å². The van der Waals surface area contributed by atoms with Crippen LogP contribution in [0.15, 0.2) is 0 Å². The van der Waals surface area contributed by atoms with Gasteiger partial charge in [0.1, 0.15) is 0 Å². The first-order chi connectivity index (χ1) is 5.99. The van der Waals surface area contributed by atoms with E-state index in [4.69, 9.17) is 0 Å². The maximum absolute atomic E-state index is 11.9. The first-order valence-corrected chi connectivity index (χ1v) is 5.19. The summed E-state index contributed by atoms with van der Waals surface area (Å²) in [6, 6.07) is 0. The van der Waals surface area contributed by atoms with E-state index in [0.29, 0.717) is 5.78 Å². The molecule has 0 saturated heterocycles. The third-order valence-electron chi connectivity index (χ3n) is 3.03. The predicted molar refractivity (Wildman–Crippen MR) is 56.9 cm³/mol. The normalized spacial score (nSPS) is 15.8. The Morgan fingerprint density at radius 2 is 1.85 bits per heavy atom. The van der Waals surface area contributed by atoms with Crippen molar-refractivity contribution in [1.82, 2.24) is 4.90 Å². The van der Waals surface area contributed by atoms with Crippen molar-refractivity contribution in [2.75, 3.05) is 14.1 Å². The highest BCUT2D eigenvalue weighted by molar-refractivity contribution is 5.87. The molecule has 0 amide bonds. The zero-order chi connectivity index (χ0) is 10.5. The van der Waals surface area contributed by atoms with Crippen LogP contribution in [0.5, 0.6) is 0 Å². The summed E-state index contributed by atoms with van der Waals surface area (Å²) in [5.74, 6) is 0.377. The number of rotatable bonds is 6. The summed E-state index contributed by atoms with van der Waals surface area (Å²) < 4.78 is 0. The molecule has 78 valence electrons. The zero-order valence-corrected chi connectivity index (χ0v) is 9.68. The van der Waals surface area contributed by atoms with E-state index in [1.165, 1.54) is 0 Å². The minimum Gasteiger partial charge on any atom is -0.298 e. The van der Waals surface area contributed by atoms with Gasteiger partial charge in [0.05, 0.1) is 5.54 Å². The third-order valence-corrected chi connectivity index (χ3v) is 3.03. The first-order valence-electron chi connectivity index (χ1n) is 5.19. The third kappa shape index (κ3) is 3.11. The molecule has 0 aromatic carbocycles. The van der Waals surface area contributed by atoms with Crippen molar-refractivity contribution < 1.29 is 4.79 Å². The van der Waals surface area contributed by atoms with Gasteiger partial charge >= 0.3 is 0 Å². The lowest BCUT2D eigenvalue weighted by Gasteiger charge is -2.34. The van der Waals surface area contributed by atoms with E-state index in [9.17, 15) is 4.79 Å². The molecule has 1 unspecified atom stereocenters. The van der Waals surface area contributed by atoms with E-state index in [1.807, 2.05) is 25.9 Å². The molecule has 0 radical (unpaired) electrons. The van der Waals surface area contributed by atoms with Gasteiger partial charge in [0.2, 0.25) is 0 Å². The lowest BCUT2D eigenvalue weighted by molar-refractivity contribution is -0.129. The quantitative estimate of drug-likeness (QED) is 0.633. The molecule has 0 spiro atoms. The van der Waals surface area contributed by atoms with Crippen LogP contribution >= 0.6 is 0 Å². The summed E-state index contributed by atoms with van der Waals surface area (Å²) in [5.41, 5.74) is -0.255. The Morgan fingerprint density at radius 1 is 1.31 bits per heavy atom. The molecule has 0 aliphatic carbocycles. The number of nitrogens with zero attached hydrogens (tertiary/aromatic N) is 1. The highest BCUT2D eigenvalue weighted by atomic mass is 16.1. The smallest absolute Gasteiger partial charge is 0.152 e. The second-order valence-electron chi connectivity index (χ2n) is 4.05. The van der Waals surface area contributed by atoms with Crippen molar-refractivity contribution in [3.05, 3.63) is 0 Å². The molecule has 0 fully saturated rings. The zero-order valence-electron chi connectivity index (χ0n) is 9.68. The number of carbonyl (C=O) groups excluding carboxylic acids is 1. The van der Waals surface area contributed by atoms with Gasteiger partial charge in [-0.25, -0.2) is 0 Å². The van der Waals surface area contributed by atoms with E-state index in [0.717, 1.165) is 25.7 Å². The lowest BCUT2D eigenvalue weighted by Crippen LogP contribution is -2.47. The van der Waals surface area contributed by atoms with Crippen molar-refractivity contribution in [3.8, 4) is 0 Å². The summed E-state index contributed by atoms with van der Waals surface area (Å²) in [6.07, 6.45) is 3.72. The number of hydrogen-bond donors (Lipinski definition) is 0. The molecule has 0 heterocycles. The molecule has 0 aliphatic rings. The summed E-state index contributed by atoms with van der Waals surface area (Å²) >= 11 is 0. The molecular formula is C11H23NO. The van der Waals surface area contributed by atoms with Gasteiger partial charge in [0.15, 0.2) is 5.78 Å². The number of Topliss-reactive ketones (excluding diaryl/α,β-unsaturated/α-hetero) is 1. The van der Waals surface area contributed by atoms with Gasteiger partial charge < -0.3 is 0 Å². The first kappa shape index (κ1) is 12.6. The van der Waals surface area contributed by atoms with Crippen LogP contribution in [0.3, 0.4) is 0 Å². The summed E-state index contributed by atoms with van der Waals surface area (Å²) in [4.78, 5) is 13.9. The van der Waals surface area contributed by atoms with Crippen LogP contribution in [-0.2, 0) is 4.79 Å². The van der Waals surface area contributed by atoms with Crippen molar-refractivity contribution in [1.29, 1.82) is 0 Å². The van der Waals surface area contributed by atoms with Crippen LogP contribution < -0.4 is 0 Å². The number of unbranched alkanes of at least 4 members (excludes halogenated alkanes) is 1. The fourth-order valence-electron chi connectivity index (χ4n) is 1.37. The standard InChI is InChI=1S/C11H23NO/c1-6-8-9-10(13)11(3,7-2)12(4)5/h6-9H2,1-5H3. The van der Waals surface area contributed by atoms with E-state index >= 15 is 0 Å². The average Bonchev–Trinajstić information content (AvgIpc) is 2.12. The van der Waals surface area contributed by atoms with Gasteiger partial charge in [-0.2, -0.15) is 0 Å². The van der Waals surface area contributed by atoms with Crippen LogP contribution in [0.25, 0.3) is 0 Å². The molecule has 0 saturated carbocycles. The van der Waals surface area contributed by atoms with Crippen molar-refractivity contribution in [2.24, 2.45) is 0 Å². The molecule has 0 bridgehead atoms. The molecule has 0 rings (SSSR count). The Balaban J connectivity index is 4.30. The molecule has 0 N–H and O–H groups in total. The fourth-order valence-corrected chi connectivity index (χ4v) is 1.37. The fraction of sp³-hybridized carbons (Fsp3) is 0.909. The molecule has 13 heavy (non-hydrogen) atoms. The summed E-state index contributed by atoms with van der Waals surface area (Å²) in [7, 11) is 3.96. The Hall–Kier alpha value is -0.370. The van der Waals surface area contributed by atoms with Gasteiger partial charge in [0.25, 0.3) is 0 Å². The average molecular weight is 185 g/mol. The molecule has 2 heteroatoms. The van der Waals surface area contributed by atoms with Gasteiger partial charge in [-0.15, -0.1) is 0 Å². The molecule has 1 atom stereocenters. The number of carbonyl (C=O) groups is 1. The van der Waals surface area contributed by atoms with E-state index in [-0.39, 0.29) is 5.54 Å². The lowest BCUT2D eigenvalue weighted by atomic mass is 9.89. The van der Waals surface area contributed by atoms with Gasteiger partial charge in [-0.3, -0.25) is 9.69 Å². The van der Waals surface area contributed by atoms with Crippen LogP contribution in [0.2, 0.25) is 0 Å². The van der Waals surface area contributed by atoms with Crippen LogP contribution in [0.1, 0.15) is 46.5 Å². The largest absolute Gasteiger partial charge is 0.298 e. The Labute approximate surface area is 82.3 Å². The minimum atomic E-state index is -0.255. The van der Waals surface area contributed by atoms with Gasteiger partial charge in [-0.05, 0) is 33.9 Å². The van der Waals surface area contributed by atoms with Crippen molar-refractivity contribution in [2.45, 2.75) is 52.0 Å². The second kappa shape index (κ2) is 5.38. The van der Waals surface area contributed by atoms with Crippen LogP contribution in [0.4, 0.5) is 0 Å². The number of ketones is 1. The highest BCUT2D eigenvalue weighted by Crippen LogP contribution is 2.20. The maximum atomic E-state index is 11.9. The van der Waals surface area contributed by atoms with Gasteiger partial charge in [0, 0.05) is 6.42 Å². The topological polar surface area (TPSA) is 20.3 Å². The minimum absolute atomic E-state index is 0.255. The van der Waals surface area contributed by atoms with Crippen molar-refractivity contribution >= 4 is 5.78 Å². The predicted octanol–water partition coefficient (Wildman–Crippen LogP) is 2.48. The number of hydrogen-bond acceptors (Lipinski definition) is 2. The second-order valence-corrected chi connectivity index (χ2v) is 4.05. The van der Waals surface area contributed by atoms with E-state index in [2.05, 4.69) is 13.8 Å².